The van der Waals surface area contributed by atoms with Crippen LogP contribution >= 0.6 is 0 Å². The lowest BCUT2D eigenvalue weighted by atomic mass is 9.89. The SMILES string of the molecule is C=CCCCN(C)C(=NC)NCC1CCCOC1c1ccccc1. The quantitative estimate of drug-likeness (QED) is 0.359. The van der Waals surface area contributed by atoms with Crippen LogP contribution in [-0.2, 0) is 4.74 Å². The van der Waals surface area contributed by atoms with E-state index in [0.717, 1.165) is 44.9 Å². The van der Waals surface area contributed by atoms with Crippen molar-refractivity contribution in [1.29, 1.82) is 0 Å². The molecule has 2 rings (SSSR count). The van der Waals surface area contributed by atoms with E-state index in [2.05, 4.69) is 59.2 Å². The van der Waals surface area contributed by atoms with Gasteiger partial charge in [0.25, 0.3) is 0 Å². The number of allylic oxidation sites excluding steroid dienone is 1. The summed E-state index contributed by atoms with van der Waals surface area (Å²) in [5.74, 6) is 1.43. The number of guanidine groups is 1. The van der Waals surface area contributed by atoms with Crippen LogP contribution in [0, 0.1) is 5.92 Å². The third kappa shape index (κ3) is 5.38. The largest absolute Gasteiger partial charge is 0.373 e. The molecule has 0 amide bonds. The van der Waals surface area contributed by atoms with Gasteiger partial charge >= 0.3 is 0 Å². The van der Waals surface area contributed by atoms with Gasteiger partial charge in [0.15, 0.2) is 5.96 Å². The summed E-state index contributed by atoms with van der Waals surface area (Å²) in [6, 6.07) is 10.6. The zero-order valence-electron chi connectivity index (χ0n) is 15.1. The topological polar surface area (TPSA) is 36.9 Å². The molecule has 4 heteroatoms. The Bertz CT molecular complexity index is 515. The molecule has 1 N–H and O–H groups in total. The van der Waals surface area contributed by atoms with Crippen LogP contribution in [0.4, 0.5) is 0 Å². The van der Waals surface area contributed by atoms with Crippen molar-refractivity contribution in [2.75, 3.05) is 33.8 Å². The number of hydrogen-bond donors (Lipinski definition) is 1. The Kier molecular flexibility index (Phi) is 7.83. The van der Waals surface area contributed by atoms with Crippen molar-refractivity contribution in [1.82, 2.24) is 10.2 Å². The average Bonchev–Trinajstić information content (AvgIpc) is 2.63. The second-order valence-corrected chi connectivity index (χ2v) is 6.38. The van der Waals surface area contributed by atoms with Crippen LogP contribution in [0.25, 0.3) is 0 Å². The molecule has 1 aromatic rings. The molecule has 1 fully saturated rings. The summed E-state index contributed by atoms with van der Waals surface area (Å²) in [5.41, 5.74) is 1.28. The summed E-state index contributed by atoms with van der Waals surface area (Å²) < 4.78 is 6.08. The van der Waals surface area contributed by atoms with Gasteiger partial charge in [-0.1, -0.05) is 36.4 Å². The molecule has 0 radical (unpaired) electrons. The molecule has 0 saturated carbocycles. The Hall–Kier alpha value is -1.81. The summed E-state index contributed by atoms with van der Waals surface area (Å²) in [4.78, 5) is 6.60. The summed E-state index contributed by atoms with van der Waals surface area (Å²) in [5, 5.41) is 3.54. The van der Waals surface area contributed by atoms with Crippen molar-refractivity contribution in [3.63, 3.8) is 0 Å². The van der Waals surface area contributed by atoms with Crippen molar-refractivity contribution in [3.05, 3.63) is 48.6 Å². The van der Waals surface area contributed by atoms with Gasteiger partial charge in [0.1, 0.15) is 0 Å². The first kappa shape index (κ1) is 18.5. The average molecular weight is 329 g/mol. The molecular weight excluding hydrogens is 298 g/mol. The Morgan fingerprint density at radius 1 is 1.42 bits per heavy atom. The van der Waals surface area contributed by atoms with Gasteiger partial charge in [0, 0.05) is 39.7 Å². The van der Waals surface area contributed by atoms with Gasteiger partial charge in [0.2, 0.25) is 0 Å². The van der Waals surface area contributed by atoms with E-state index in [4.69, 9.17) is 4.74 Å². The maximum atomic E-state index is 6.08. The lowest BCUT2D eigenvalue weighted by Gasteiger charge is -2.33. The lowest BCUT2D eigenvalue weighted by molar-refractivity contribution is -0.0266. The highest BCUT2D eigenvalue weighted by Gasteiger charge is 2.27. The molecule has 1 saturated heterocycles. The van der Waals surface area contributed by atoms with Crippen LogP contribution in [0.3, 0.4) is 0 Å². The third-order valence-electron chi connectivity index (χ3n) is 4.57. The molecule has 2 atom stereocenters. The van der Waals surface area contributed by atoms with Gasteiger partial charge in [-0.25, -0.2) is 0 Å². The second-order valence-electron chi connectivity index (χ2n) is 6.38. The third-order valence-corrected chi connectivity index (χ3v) is 4.57. The van der Waals surface area contributed by atoms with E-state index in [0.29, 0.717) is 5.92 Å². The molecule has 1 aliphatic heterocycles. The zero-order valence-corrected chi connectivity index (χ0v) is 15.1. The first-order chi connectivity index (χ1) is 11.8. The van der Waals surface area contributed by atoms with Crippen molar-refractivity contribution in [2.45, 2.75) is 31.8 Å². The summed E-state index contributed by atoms with van der Waals surface area (Å²) >= 11 is 0. The standard InChI is InChI=1S/C20H31N3O/c1-4-5-9-14-23(3)20(21-2)22-16-18-13-10-15-24-19(18)17-11-7-6-8-12-17/h4,6-8,11-12,18-19H,1,5,9-10,13-16H2,2-3H3,(H,21,22). The van der Waals surface area contributed by atoms with Gasteiger partial charge in [-0.05, 0) is 31.2 Å². The lowest BCUT2D eigenvalue weighted by Crippen LogP contribution is -2.43. The first-order valence-corrected chi connectivity index (χ1v) is 8.95. The van der Waals surface area contributed by atoms with Crippen LogP contribution in [-0.4, -0.2) is 44.7 Å². The molecule has 1 aliphatic rings. The Morgan fingerprint density at radius 2 is 2.21 bits per heavy atom. The van der Waals surface area contributed by atoms with Crippen LogP contribution in [0.5, 0.6) is 0 Å². The first-order valence-electron chi connectivity index (χ1n) is 8.95. The molecular formula is C20H31N3O. The molecule has 0 aliphatic carbocycles. The van der Waals surface area contributed by atoms with E-state index in [9.17, 15) is 0 Å². The summed E-state index contributed by atoms with van der Waals surface area (Å²) in [6.07, 6.45) is 6.59. The summed E-state index contributed by atoms with van der Waals surface area (Å²) in [7, 11) is 3.93. The van der Waals surface area contributed by atoms with Crippen molar-refractivity contribution >= 4 is 5.96 Å². The number of rotatable bonds is 7. The van der Waals surface area contributed by atoms with Crippen LogP contribution in [0.1, 0.15) is 37.4 Å². The maximum absolute atomic E-state index is 6.08. The predicted octanol–water partition coefficient (Wildman–Crippen LogP) is 3.63. The van der Waals surface area contributed by atoms with E-state index >= 15 is 0 Å². The molecule has 132 valence electrons. The van der Waals surface area contributed by atoms with Gasteiger partial charge < -0.3 is 15.0 Å². The maximum Gasteiger partial charge on any atom is 0.193 e. The van der Waals surface area contributed by atoms with Crippen molar-refractivity contribution in [3.8, 4) is 0 Å². The fourth-order valence-electron chi connectivity index (χ4n) is 3.25. The molecule has 0 spiro atoms. The molecule has 2 unspecified atom stereocenters. The highest BCUT2D eigenvalue weighted by Crippen LogP contribution is 2.33. The minimum atomic E-state index is 0.177. The molecule has 1 heterocycles. The molecule has 4 nitrogen and oxygen atoms in total. The minimum Gasteiger partial charge on any atom is -0.373 e. The van der Waals surface area contributed by atoms with E-state index in [1.807, 2.05) is 13.1 Å². The number of nitrogens with one attached hydrogen (secondary N) is 1. The van der Waals surface area contributed by atoms with Gasteiger partial charge in [0.05, 0.1) is 6.10 Å². The van der Waals surface area contributed by atoms with E-state index in [-0.39, 0.29) is 6.10 Å². The van der Waals surface area contributed by atoms with Crippen LogP contribution in [0.15, 0.2) is 48.0 Å². The number of unbranched alkanes of at least 4 members (excludes halogenated alkanes) is 1. The number of ether oxygens (including phenoxy) is 1. The van der Waals surface area contributed by atoms with E-state index in [1.165, 1.54) is 12.0 Å². The van der Waals surface area contributed by atoms with E-state index in [1.54, 1.807) is 0 Å². The molecule has 0 aromatic heterocycles. The van der Waals surface area contributed by atoms with Gasteiger partial charge in [-0.3, -0.25) is 4.99 Å². The monoisotopic (exact) mass is 329 g/mol. The van der Waals surface area contributed by atoms with Crippen molar-refractivity contribution in [2.24, 2.45) is 10.9 Å². The second kappa shape index (κ2) is 10.1. The van der Waals surface area contributed by atoms with Gasteiger partial charge in [-0.2, -0.15) is 0 Å². The number of nitrogens with zero attached hydrogens (tertiary/aromatic N) is 2. The Balaban J connectivity index is 1.91. The number of benzene rings is 1. The normalized spacial score (nSPS) is 21.3. The molecule has 24 heavy (non-hydrogen) atoms. The molecule has 1 aromatic carbocycles. The fourth-order valence-corrected chi connectivity index (χ4v) is 3.25. The van der Waals surface area contributed by atoms with Gasteiger partial charge in [-0.15, -0.1) is 6.58 Å². The van der Waals surface area contributed by atoms with Crippen LogP contribution in [0.2, 0.25) is 0 Å². The Labute approximate surface area is 146 Å². The fraction of sp³-hybridized carbons (Fsp3) is 0.550. The number of aliphatic imine (C=N–C) groups is 1. The van der Waals surface area contributed by atoms with Crippen molar-refractivity contribution < 1.29 is 4.74 Å². The predicted molar refractivity (Wildman–Crippen MR) is 101 cm³/mol. The highest BCUT2D eigenvalue weighted by molar-refractivity contribution is 5.79. The highest BCUT2D eigenvalue weighted by atomic mass is 16.5. The van der Waals surface area contributed by atoms with Crippen LogP contribution < -0.4 is 5.32 Å². The molecule has 0 bridgehead atoms. The summed E-state index contributed by atoms with van der Waals surface area (Å²) in [6.45, 7) is 6.50. The minimum absolute atomic E-state index is 0.177. The van der Waals surface area contributed by atoms with E-state index < -0.39 is 0 Å². The number of hydrogen-bond acceptors (Lipinski definition) is 2. The zero-order chi connectivity index (χ0) is 17.2. The Morgan fingerprint density at radius 3 is 2.92 bits per heavy atom. The smallest absolute Gasteiger partial charge is 0.193 e.